The van der Waals surface area contributed by atoms with Crippen molar-refractivity contribution in [1.29, 1.82) is 0 Å². The van der Waals surface area contributed by atoms with Crippen molar-refractivity contribution in [2.75, 3.05) is 18.9 Å². The van der Waals surface area contributed by atoms with E-state index in [0.717, 1.165) is 17.9 Å². The lowest BCUT2D eigenvalue weighted by Crippen LogP contribution is -1.99. The smallest absolute Gasteiger partial charge is 0.174 e. The highest BCUT2D eigenvalue weighted by Gasteiger charge is 2.07. The molecule has 4 nitrogen and oxygen atoms in total. The van der Waals surface area contributed by atoms with Crippen molar-refractivity contribution >= 4 is 29.2 Å². The molecule has 0 aliphatic heterocycles. The fraction of sp³-hybridized carbons (Fsp3) is 0.273. The van der Waals surface area contributed by atoms with Gasteiger partial charge in [-0.3, -0.25) is 4.99 Å². The van der Waals surface area contributed by atoms with E-state index in [9.17, 15) is 0 Å². The third-order valence-electron chi connectivity index (χ3n) is 1.85. The molecule has 1 aromatic heterocycles. The lowest BCUT2D eigenvalue weighted by Gasteiger charge is -1.99. The van der Waals surface area contributed by atoms with Crippen molar-refractivity contribution in [1.82, 2.24) is 9.78 Å². The Morgan fingerprint density at radius 1 is 1.75 bits per heavy atom. The first-order valence-electron chi connectivity index (χ1n) is 4.97. The fourth-order valence-corrected chi connectivity index (χ4v) is 1.42. The van der Waals surface area contributed by atoms with Gasteiger partial charge in [0.05, 0.1) is 17.6 Å². The highest BCUT2D eigenvalue weighted by molar-refractivity contribution is 6.32. The summed E-state index contributed by atoms with van der Waals surface area (Å²) in [5, 5.41) is 7.75. The second-order valence-corrected chi connectivity index (χ2v) is 3.38. The maximum atomic E-state index is 5.98. The van der Waals surface area contributed by atoms with Crippen molar-refractivity contribution in [3.63, 3.8) is 0 Å². The van der Waals surface area contributed by atoms with E-state index in [1.54, 1.807) is 24.0 Å². The zero-order valence-corrected chi connectivity index (χ0v) is 10.2. The molecule has 0 aromatic carbocycles. The maximum Gasteiger partial charge on any atom is 0.174 e. The molecule has 0 spiro atoms. The molecule has 1 heterocycles. The number of anilines is 1. The summed E-state index contributed by atoms with van der Waals surface area (Å²) in [5.41, 5.74) is 1.62. The molecule has 0 radical (unpaired) electrons. The summed E-state index contributed by atoms with van der Waals surface area (Å²) in [6.45, 7) is 6.45. The predicted octanol–water partition coefficient (Wildman–Crippen LogP) is 2.70. The summed E-state index contributed by atoms with van der Waals surface area (Å²) in [5.74, 6) is 0. The molecule has 1 aromatic rings. The number of rotatable bonds is 5. The van der Waals surface area contributed by atoms with Gasteiger partial charge in [0.2, 0.25) is 0 Å². The van der Waals surface area contributed by atoms with Gasteiger partial charge >= 0.3 is 0 Å². The van der Waals surface area contributed by atoms with Gasteiger partial charge in [-0.25, -0.2) is 4.68 Å². The standard InChI is InChI=1S/C11H15ClN4/c1-4-6-9(7-13-3)16-8-10(14-5-2)11(12)15-16/h4,6-8,14H,1,5H2,2-3H3/b9-6+,13-7-. The number of allylic oxidation sites excluding steroid dienone is 3. The minimum absolute atomic E-state index is 0.446. The minimum Gasteiger partial charge on any atom is -0.382 e. The summed E-state index contributed by atoms with van der Waals surface area (Å²) < 4.78 is 1.66. The van der Waals surface area contributed by atoms with E-state index in [1.165, 1.54) is 0 Å². The fourth-order valence-electron chi connectivity index (χ4n) is 1.23. The van der Waals surface area contributed by atoms with Crippen LogP contribution in [-0.4, -0.2) is 29.6 Å². The van der Waals surface area contributed by atoms with Crippen LogP contribution in [0.25, 0.3) is 5.70 Å². The van der Waals surface area contributed by atoms with Crippen molar-refractivity contribution in [3.05, 3.63) is 30.1 Å². The first-order chi connectivity index (χ1) is 7.72. The largest absolute Gasteiger partial charge is 0.382 e. The van der Waals surface area contributed by atoms with Gasteiger partial charge in [-0.2, -0.15) is 5.10 Å². The average molecular weight is 239 g/mol. The van der Waals surface area contributed by atoms with E-state index >= 15 is 0 Å². The molecule has 5 heteroatoms. The van der Waals surface area contributed by atoms with Gasteiger partial charge in [0, 0.05) is 19.8 Å². The number of aromatic nitrogens is 2. The van der Waals surface area contributed by atoms with E-state index in [0.29, 0.717) is 5.15 Å². The molecule has 1 N–H and O–H groups in total. The molecule has 0 atom stereocenters. The van der Waals surface area contributed by atoms with Crippen molar-refractivity contribution < 1.29 is 0 Å². The molecular formula is C11H15ClN4. The topological polar surface area (TPSA) is 42.2 Å². The van der Waals surface area contributed by atoms with Gasteiger partial charge < -0.3 is 5.32 Å². The molecule has 16 heavy (non-hydrogen) atoms. The zero-order valence-electron chi connectivity index (χ0n) is 9.44. The number of halogens is 1. The third kappa shape index (κ3) is 2.97. The lowest BCUT2D eigenvalue weighted by atomic mass is 10.4. The summed E-state index contributed by atoms with van der Waals surface area (Å²) >= 11 is 5.98. The molecular weight excluding hydrogens is 224 g/mol. The summed E-state index contributed by atoms with van der Waals surface area (Å²) in [6, 6.07) is 0. The van der Waals surface area contributed by atoms with E-state index in [2.05, 4.69) is 22.0 Å². The Bertz CT molecular complexity index is 418. The molecule has 0 aliphatic rings. The van der Waals surface area contributed by atoms with E-state index in [1.807, 2.05) is 19.2 Å². The first-order valence-corrected chi connectivity index (χ1v) is 5.35. The van der Waals surface area contributed by atoms with Crippen LogP contribution in [0.5, 0.6) is 0 Å². The highest BCUT2D eigenvalue weighted by atomic mass is 35.5. The van der Waals surface area contributed by atoms with E-state index in [4.69, 9.17) is 11.6 Å². The number of hydrogen-bond acceptors (Lipinski definition) is 3. The maximum absolute atomic E-state index is 5.98. The Labute approximate surface area is 100 Å². The molecule has 1 rings (SSSR count). The third-order valence-corrected chi connectivity index (χ3v) is 2.13. The van der Waals surface area contributed by atoms with Crippen LogP contribution < -0.4 is 5.32 Å². The Morgan fingerprint density at radius 3 is 3.06 bits per heavy atom. The number of aliphatic imine (C=N–C) groups is 1. The van der Waals surface area contributed by atoms with Crippen LogP contribution in [-0.2, 0) is 0 Å². The Kier molecular flexibility index (Phi) is 4.79. The Hall–Kier alpha value is -1.55. The molecule has 0 unspecified atom stereocenters. The molecule has 0 aliphatic carbocycles. The number of hydrogen-bond donors (Lipinski definition) is 1. The highest BCUT2D eigenvalue weighted by Crippen LogP contribution is 2.20. The molecule has 86 valence electrons. The first kappa shape index (κ1) is 12.5. The van der Waals surface area contributed by atoms with Crippen LogP contribution in [0, 0.1) is 0 Å². The Balaban J connectivity index is 3.06. The van der Waals surface area contributed by atoms with Gasteiger partial charge in [0.1, 0.15) is 0 Å². The van der Waals surface area contributed by atoms with Crippen LogP contribution in [0.3, 0.4) is 0 Å². The van der Waals surface area contributed by atoms with Crippen LogP contribution >= 0.6 is 11.6 Å². The number of nitrogens with one attached hydrogen (secondary N) is 1. The molecule has 0 bridgehead atoms. The molecule has 0 saturated heterocycles. The monoisotopic (exact) mass is 238 g/mol. The molecule has 0 amide bonds. The van der Waals surface area contributed by atoms with E-state index < -0.39 is 0 Å². The molecule has 0 saturated carbocycles. The average Bonchev–Trinajstić information content (AvgIpc) is 2.61. The summed E-state index contributed by atoms with van der Waals surface area (Å²) in [7, 11) is 1.70. The lowest BCUT2D eigenvalue weighted by molar-refractivity contribution is 0.920. The quantitative estimate of drug-likeness (QED) is 0.633. The summed E-state index contributed by atoms with van der Waals surface area (Å²) in [4.78, 5) is 3.95. The summed E-state index contributed by atoms with van der Waals surface area (Å²) in [6.07, 6.45) is 7.01. The second-order valence-electron chi connectivity index (χ2n) is 3.02. The SMILES string of the molecule is C=C/C=C(\C=N/C)n1cc(NCC)c(Cl)n1. The Morgan fingerprint density at radius 2 is 2.50 bits per heavy atom. The molecule has 0 fully saturated rings. The van der Waals surface area contributed by atoms with Crippen molar-refractivity contribution in [2.45, 2.75) is 6.92 Å². The number of nitrogens with zero attached hydrogens (tertiary/aromatic N) is 3. The van der Waals surface area contributed by atoms with Gasteiger partial charge in [0.15, 0.2) is 5.15 Å². The normalized spacial score (nSPS) is 12.1. The van der Waals surface area contributed by atoms with E-state index in [-0.39, 0.29) is 0 Å². The van der Waals surface area contributed by atoms with Crippen LogP contribution in [0.4, 0.5) is 5.69 Å². The van der Waals surface area contributed by atoms with Gasteiger partial charge in [0.25, 0.3) is 0 Å². The van der Waals surface area contributed by atoms with Gasteiger partial charge in [-0.15, -0.1) is 0 Å². The van der Waals surface area contributed by atoms with Crippen LogP contribution in [0.15, 0.2) is 29.9 Å². The second kappa shape index (κ2) is 6.12. The zero-order chi connectivity index (χ0) is 12.0. The minimum atomic E-state index is 0.446. The van der Waals surface area contributed by atoms with Crippen LogP contribution in [0.2, 0.25) is 5.15 Å². The van der Waals surface area contributed by atoms with Gasteiger partial charge in [-0.1, -0.05) is 24.3 Å². The van der Waals surface area contributed by atoms with Crippen molar-refractivity contribution in [2.24, 2.45) is 4.99 Å². The predicted molar refractivity (Wildman–Crippen MR) is 70.3 cm³/mol. The van der Waals surface area contributed by atoms with Crippen LogP contribution in [0.1, 0.15) is 6.92 Å². The van der Waals surface area contributed by atoms with Crippen molar-refractivity contribution in [3.8, 4) is 0 Å². The van der Waals surface area contributed by atoms with Gasteiger partial charge in [-0.05, 0) is 13.0 Å².